The van der Waals surface area contributed by atoms with Gasteiger partial charge in [0.25, 0.3) is 0 Å². The van der Waals surface area contributed by atoms with Crippen molar-refractivity contribution in [3.63, 3.8) is 0 Å². The maximum Gasteiger partial charge on any atom is 0.0469 e. The van der Waals surface area contributed by atoms with E-state index >= 15 is 0 Å². The third-order valence-electron chi connectivity index (χ3n) is 4.96. The van der Waals surface area contributed by atoms with Gasteiger partial charge in [-0.15, -0.1) is 0 Å². The summed E-state index contributed by atoms with van der Waals surface area (Å²) in [6.07, 6.45) is 11.1. The first-order chi connectivity index (χ1) is 9.24. The van der Waals surface area contributed by atoms with Crippen molar-refractivity contribution in [2.75, 3.05) is 38.7 Å². The summed E-state index contributed by atoms with van der Waals surface area (Å²) in [4.78, 5) is 2.60. The molecule has 112 valence electrons. The van der Waals surface area contributed by atoms with Crippen LogP contribution in [-0.4, -0.2) is 43.6 Å². The SMILES string of the molecule is CN(CC1CCOCC1)CC1(CBr)CCCCCC1. The number of rotatable bonds is 5. The molecule has 3 heteroatoms. The van der Waals surface area contributed by atoms with E-state index in [1.54, 1.807) is 0 Å². The molecule has 0 atom stereocenters. The average Bonchev–Trinajstić information content (AvgIpc) is 2.66. The van der Waals surface area contributed by atoms with Gasteiger partial charge in [0.15, 0.2) is 0 Å². The predicted molar refractivity (Wildman–Crippen MR) is 85.0 cm³/mol. The van der Waals surface area contributed by atoms with Crippen LogP contribution in [0.4, 0.5) is 0 Å². The Balaban J connectivity index is 1.82. The zero-order chi connectivity index (χ0) is 13.6. The zero-order valence-corrected chi connectivity index (χ0v) is 14.1. The van der Waals surface area contributed by atoms with Crippen LogP contribution in [0.3, 0.4) is 0 Å². The van der Waals surface area contributed by atoms with Crippen molar-refractivity contribution in [2.45, 2.75) is 51.4 Å². The van der Waals surface area contributed by atoms with Gasteiger partial charge in [-0.05, 0) is 44.1 Å². The highest BCUT2D eigenvalue weighted by Gasteiger charge is 2.31. The van der Waals surface area contributed by atoms with Crippen LogP contribution >= 0.6 is 15.9 Å². The second kappa shape index (κ2) is 7.99. The zero-order valence-electron chi connectivity index (χ0n) is 12.5. The first-order valence-corrected chi connectivity index (χ1v) is 9.18. The molecule has 1 aliphatic heterocycles. The van der Waals surface area contributed by atoms with E-state index in [2.05, 4.69) is 27.9 Å². The Bertz CT molecular complexity index is 245. The molecule has 0 aromatic carbocycles. The maximum atomic E-state index is 5.46. The molecule has 0 bridgehead atoms. The lowest BCUT2D eigenvalue weighted by Crippen LogP contribution is -2.39. The maximum absolute atomic E-state index is 5.46. The molecule has 0 amide bonds. The summed E-state index contributed by atoms with van der Waals surface area (Å²) in [7, 11) is 2.32. The van der Waals surface area contributed by atoms with Gasteiger partial charge in [0.1, 0.15) is 0 Å². The molecular weight excluding hydrogens is 302 g/mol. The Morgan fingerprint density at radius 1 is 1.11 bits per heavy atom. The number of ether oxygens (including phenoxy) is 1. The number of halogens is 1. The van der Waals surface area contributed by atoms with Crippen molar-refractivity contribution in [1.29, 1.82) is 0 Å². The van der Waals surface area contributed by atoms with Gasteiger partial charge >= 0.3 is 0 Å². The third-order valence-corrected chi connectivity index (χ3v) is 6.15. The van der Waals surface area contributed by atoms with E-state index in [4.69, 9.17) is 4.74 Å². The molecule has 0 radical (unpaired) electrons. The molecule has 0 aromatic rings. The minimum absolute atomic E-state index is 0.538. The smallest absolute Gasteiger partial charge is 0.0469 e. The molecular formula is C16H30BrNO. The van der Waals surface area contributed by atoms with Gasteiger partial charge in [-0.3, -0.25) is 0 Å². The monoisotopic (exact) mass is 331 g/mol. The second-order valence-corrected chi connectivity index (χ2v) is 7.36. The van der Waals surface area contributed by atoms with Gasteiger partial charge in [-0.1, -0.05) is 41.6 Å². The summed E-state index contributed by atoms with van der Waals surface area (Å²) in [5.74, 6) is 0.858. The highest BCUT2D eigenvalue weighted by atomic mass is 79.9. The Hall–Kier alpha value is 0.400. The number of alkyl halides is 1. The number of nitrogens with zero attached hydrogens (tertiary/aromatic N) is 1. The van der Waals surface area contributed by atoms with Crippen LogP contribution in [0.5, 0.6) is 0 Å². The Labute approximate surface area is 127 Å². The fraction of sp³-hybridized carbons (Fsp3) is 1.00. The Morgan fingerprint density at radius 3 is 2.32 bits per heavy atom. The van der Waals surface area contributed by atoms with Gasteiger partial charge in [0, 0.05) is 31.6 Å². The molecule has 0 aromatic heterocycles. The number of hydrogen-bond donors (Lipinski definition) is 0. The molecule has 1 heterocycles. The molecule has 1 saturated carbocycles. The summed E-state index contributed by atoms with van der Waals surface area (Å²) in [5, 5.41) is 1.18. The minimum Gasteiger partial charge on any atom is -0.381 e. The first kappa shape index (κ1) is 15.8. The molecule has 0 N–H and O–H groups in total. The molecule has 1 aliphatic carbocycles. The lowest BCUT2D eigenvalue weighted by molar-refractivity contribution is 0.0496. The van der Waals surface area contributed by atoms with Crippen LogP contribution in [0.25, 0.3) is 0 Å². The van der Waals surface area contributed by atoms with Gasteiger partial charge in [0.2, 0.25) is 0 Å². The molecule has 2 rings (SSSR count). The Morgan fingerprint density at radius 2 is 1.74 bits per heavy atom. The highest BCUT2D eigenvalue weighted by Crippen LogP contribution is 2.37. The molecule has 2 fully saturated rings. The number of hydrogen-bond acceptors (Lipinski definition) is 2. The van der Waals surface area contributed by atoms with E-state index in [0.29, 0.717) is 5.41 Å². The van der Waals surface area contributed by atoms with E-state index in [9.17, 15) is 0 Å². The summed E-state index contributed by atoms with van der Waals surface area (Å²) >= 11 is 3.81. The largest absolute Gasteiger partial charge is 0.381 e. The van der Waals surface area contributed by atoms with Crippen molar-refractivity contribution in [1.82, 2.24) is 4.90 Å². The normalized spacial score (nSPS) is 25.4. The summed E-state index contributed by atoms with van der Waals surface area (Å²) in [6.45, 7) is 4.48. The third kappa shape index (κ3) is 5.02. The summed E-state index contributed by atoms with van der Waals surface area (Å²) in [6, 6.07) is 0. The van der Waals surface area contributed by atoms with Crippen molar-refractivity contribution >= 4 is 15.9 Å². The van der Waals surface area contributed by atoms with Gasteiger partial charge in [-0.2, -0.15) is 0 Å². The minimum atomic E-state index is 0.538. The molecule has 0 unspecified atom stereocenters. The van der Waals surface area contributed by atoms with Crippen molar-refractivity contribution in [3.05, 3.63) is 0 Å². The summed E-state index contributed by atoms with van der Waals surface area (Å²) < 4.78 is 5.46. The predicted octanol–water partition coefficient (Wildman–Crippen LogP) is 4.08. The van der Waals surface area contributed by atoms with E-state index in [-0.39, 0.29) is 0 Å². The van der Waals surface area contributed by atoms with Crippen LogP contribution in [0, 0.1) is 11.3 Å². The first-order valence-electron chi connectivity index (χ1n) is 8.06. The highest BCUT2D eigenvalue weighted by molar-refractivity contribution is 9.09. The van der Waals surface area contributed by atoms with E-state index in [0.717, 1.165) is 19.1 Å². The van der Waals surface area contributed by atoms with E-state index in [1.165, 1.54) is 69.8 Å². The van der Waals surface area contributed by atoms with Gasteiger partial charge in [0.05, 0.1) is 0 Å². The van der Waals surface area contributed by atoms with Crippen molar-refractivity contribution in [2.24, 2.45) is 11.3 Å². The lowest BCUT2D eigenvalue weighted by Gasteiger charge is -2.37. The average molecular weight is 332 g/mol. The topological polar surface area (TPSA) is 12.5 Å². The lowest BCUT2D eigenvalue weighted by atomic mass is 9.81. The van der Waals surface area contributed by atoms with E-state index < -0.39 is 0 Å². The molecule has 2 nitrogen and oxygen atoms in total. The fourth-order valence-corrected chi connectivity index (χ4v) is 4.56. The van der Waals surface area contributed by atoms with Crippen LogP contribution in [-0.2, 0) is 4.74 Å². The van der Waals surface area contributed by atoms with Crippen LogP contribution in [0.15, 0.2) is 0 Å². The fourth-order valence-electron chi connectivity index (χ4n) is 3.82. The Kier molecular flexibility index (Phi) is 6.64. The van der Waals surface area contributed by atoms with Crippen LogP contribution < -0.4 is 0 Å². The summed E-state index contributed by atoms with van der Waals surface area (Å²) in [5.41, 5.74) is 0.538. The van der Waals surface area contributed by atoms with Crippen molar-refractivity contribution in [3.8, 4) is 0 Å². The van der Waals surface area contributed by atoms with Crippen LogP contribution in [0.2, 0.25) is 0 Å². The van der Waals surface area contributed by atoms with Gasteiger partial charge < -0.3 is 9.64 Å². The molecule has 0 spiro atoms. The quantitative estimate of drug-likeness (QED) is 0.556. The molecule has 2 aliphatic rings. The standard InChI is InChI=1S/C16H30BrNO/c1-18(12-15-6-10-19-11-7-15)14-16(13-17)8-4-2-3-5-9-16/h15H,2-14H2,1H3. The van der Waals surface area contributed by atoms with Crippen LogP contribution in [0.1, 0.15) is 51.4 Å². The second-order valence-electron chi connectivity index (χ2n) is 6.80. The molecule has 1 saturated heterocycles. The van der Waals surface area contributed by atoms with Crippen molar-refractivity contribution < 1.29 is 4.74 Å². The van der Waals surface area contributed by atoms with Gasteiger partial charge in [-0.25, -0.2) is 0 Å². The van der Waals surface area contributed by atoms with E-state index in [1.807, 2.05) is 0 Å². The molecule has 19 heavy (non-hydrogen) atoms.